The molecule has 0 unspecified atom stereocenters. The number of carbonyl (C=O) groups excluding carboxylic acids is 1. The summed E-state index contributed by atoms with van der Waals surface area (Å²) in [5.74, 6) is 4.20. The Morgan fingerprint density at radius 1 is 1.06 bits per heavy atom. The summed E-state index contributed by atoms with van der Waals surface area (Å²) in [5.41, 5.74) is -4.64. The van der Waals surface area contributed by atoms with Crippen molar-refractivity contribution in [2.75, 3.05) is 0 Å². The number of hydrogen-bond donors (Lipinski definition) is 0. The van der Waals surface area contributed by atoms with Crippen LogP contribution in [0.2, 0.25) is 24.8 Å². The third-order valence-corrected chi connectivity index (χ3v) is 5.40. The number of carbonyl (C=O) groups is 1. The maximum absolute atomic E-state index is 13.1. The van der Waals surface area contributed by atoms with Crippen LogP contribution in [-0.2, 0) is 23.3 Å². The Morgan fingerprint density at radius 3 is 2.03 bits per heavy atom. The van der Waals surface area contributed by atoms with Gasteiger partial charge in [0.25, 0.3) is 5.78 Å². The summed E-state index contributed by atoms with van der Waals surface area (Å²) >= 11 is 6.07. The lowest BCUT2D eigenvalue weighted by molar-refractivity contribution is -0.143. The molecule has 0 aliphatic carbocycles. The van der Waals surface area contributed by atoms with E-state index in [-0.39, 0.29) is 22.5 Å². The Hall–Kier alpha value is -2.36. The second-order valence-corrected chi connectivity index (χ2v) is 13.4. The molecule has 0 bridgehead atoms. The fourth-order valence-electron chi connectivity index (χ4n) is 2.88. The fraction of sp³-hybridized carbons (Fsp3) is 0.450. The van der Waals surface area contributed by atoms with Crippen molar-refractivity contribution in [2.24, 2.45) is 0 Å². The van der Waals surface area contributed by atoms with Crippen molar-refractivity contribution in [1.82, 2.24) is 15.0 Å². The largest absolute Gasteiger partial charge is 0.416 e. The predicted molar refractivity (Wildman–Crippen MR) is 111 cm³/mol. The minimum atomic E-state index is -5.00. The van der Waals surface area contributed by atoms with Gasteiger partial charge in [0, 0.05) is 0 Å². The van der Waals surface area contributed by atoms with E-state index in [2.05, 4.69) is 22.2 Å². The molecule has 0 N–H and O–H groups in total. The first kappa shape index (κ1) is 26.9. The molecule has 0 atom stereocenters. The average Bonchev–Trinajstić information content (AvgIpc) is 2.96. The maximum atomic E-state index is 13.1. The van der Waals surface area contributed by atoms with Gasteiger partial charge >= 0.3 is 12.4 Å². The minimum absolute atomic E-state index is 0.0151. The van der Waals surface area contributed by atoms with Gasteiger partial charge in [-0.3, -0.25) is 4.79 Å². The normalized spacial score (nSPS) is 13.0. The highest BCUT2D eigenvalue weighted by Gasteiger charge is 2.37. The zero-order valence-electron chi connectivity index (χ0n) is 18.2. The summed E-state index contributed by atoms with van der Waals surface area (Å²) in [6.45, 7) is 8.60. The molecule has 1 aromatic heterocycles. The first-order valence-electron chi connectivity index (χ1n) is 9.43. The van der Waals surface area contributed by atoms with Crippen molar-refractivity contribution in [3.05, 3.63) is 45.7 Å². The monoisotopic (exact) mass is 511 g/mol. The Labute approximate surface area is 192 Å². The third kappa shape index (κ3) is 7.58. The van der Waals surface area contributed by atoms with Gasteiger partial charge in [0.15, 0.2) is 19.2 Å². The summed E-state index contributed by atoms with van der Waals surface area (Å²) < 4.78 is 85.0. The Kier molecular flexibility index (Phi) is 7.43. The topological polar surface area (TPSA) is 57.0 Å². The summed E-state index contributed by atoms with van der Waals surface area (Å²) in [5, 5.41) is 6.79. The number of alkyl halides is 6. The van der Waals surface area contributed by atoms with Crippen LogP contribution in [0.15, 0.2) is 18.2 Å². The van der Waals surface area contributed by atoms with E-state index in [0.29, 0.717) is 12.1 Å². The number of benzene rings is 1. The molecule has 2 rings (SSSR count). The van der Waals surface area contributed by atoms with Crippen LogP contribution in [-0.4, -0.2) is 34.7 Å². The van der Waals surface area contributed by atoms with Crippen LogP contribution >= 0.6 is 11.6 Å². The second-order valence-electron chi connectivity index (χ2n) is 8.60. The molecule has 180 valence electrons. The average molecular weight is 512 g/mol. The van der Waals surface area contributed by atoms with E-state index < -0.39 is 49.7 Å². The zero-order valence-corrected chi connectivity index (χ0v) is 20.0. The summed E-state index contributed by atoms with van der Waals surface area (Å²) in [6, 6.07) is 1.11. The van der Waals surface area contributed by atoms with Crippen LogP contribution in [0.25, 0.3) is 0 Å². The highest BCUT2D eigenvalue weighted by atomic mass is 35.5. The smallest absolute Gasteiger partial charge is 0.402 e. The van der Waals surface area contributed by atoms with Crippen LogP contribution in [0, 0.1) is 11.8 Å². The Bertz CT molecular complexity index is 1080. The van der Waals surface area contributed by atoms with Crippen LogP contribution in [0.4, 0.5) is 26.3 Å². The van der Waals surface area contributed by atoms with Crippen molar-refractivity contribution in [3.8, 4) is 11.8 Å². The molecule has 0 saturated carbocycles. The van der Waals surface area contributed by atoms with E-state index in [4.69, 9.17) is 16.0 Å². The van der Waals surface area contributed by atoms with Gasteiger partial charge in [0.2, 0.25) is 0 Å². The lowest BCUT2D eigenvalue weighted by Gasteiger charge is -2.28. The van der Waals surface area contributed by atoms with Gasteiger partial charge in [-0.1, -0.05) is 22.7 Å². The predicted octanol–water partition coefficient (Wildman–Crippen LogP) is 5.83. The molecule has 0 radical (unpaired) electrons. The summed E-state index contributed by atoms with van der Waals surface area (Å²) in [4.78, 5) is 12.4. The van der Waals surface area contributed by atoms with E-state index in [1.54, 1.807) is 13.8 Å². The van der Waals surface area contributed by atoms with Gasteiger partial charge in [0.05, 0.1) is 17.7 Å². The SMILES string of the molecule is CC(C)(C#CC(=O)c1nnn(Cc2cc(C(F)(F)F)cc(C(F)(F)F)c2)c1Cl)O[Si](C)(C)C. The maximum Gasteiger partial charge on any atom is 0.416 e. The lowest BCUT2D eigenvalue weighted by atomic mass is 10.0. The van der Waals surface area contributed by atoms with Crippen molar-refractivity contribution in [2.45, 2.75) is 58.0 Å². The van der Waals surface area contributed by atoms with Crippen LogP contribution < -0.4 is 0 Å². The van der Waals surface area contributed by atoms with E-state index in [0.717, 1.165) is 4.68 Å². The third-order valence-electron chi connectivity index (χ3n) is 3.91. The molecule has 5 nitrogen and oxygen atoms in total. The minimum Gasteiger partial charge on any atom is -0.402 e. The molecule has 1 aromatic carbocycles. The van der Waals surface area contributed by atoms with E-state index >= 15 is 0 Å². The van der Waals surface area contributed by atoms with E-state index in [9.17, 15) is 31.1 Å². The molecule has 2 aromatic rings. The first-order valence-corrected chi connectivity index (χ1v) is 13.2. The molecule has 0 amide bonds. The molecule has 0 fully saturated rings. The number of Topliss-reactive ketones (excluding diaryl/α,β-unsaturated/α-hetero) is 1. The van der Waals surface area contributed by atoms with Crippen LogP contribution in [0.1, 0.15) is 41.0 Å². The van der Waals surface area contributed by atoms with Gasteiger partial charge in [-0.15, -0.1) is 5.10 Å². The van der Waals surface area contributed by atoms with Crippen molar-refractivity contribution in [1.29, 1.82) is 0 Å². The molecule has 13 heteroatoms. The molecule has 0 spiro atoms. The van der Waals surface area contributed by atoms with E-state index in [1.807, 2.05) is 19.6 Å². The highest BCUT2D eigenvalue weighted by Crippen LogP contribution is 2.36. The molecule has 33 heavy (non-hydrogen) atoms. The van der Waals surface area contributed by atoms with Gasteiger partial charge in [-0.05, 0) is 63.2 Å². The molecular weight excluding hydrogens is 492 g/mol. The number of hydrogen-bond acceptors (Lipinski definition) is 4. The number of aromatic nitrogens is 3. The molecule has 0 aliphatic heterocycles. The number of halogens is 7. The van der Waals surface area contributed by atoms with Crippen molar-refractivity contribution < 1.29 is 35.6 Å². The number of nitrogens with zero attached hydrogens (tertiary/aromatic N) is 3. The van der Waals surface area contributed by atoms with Gasteiger partial charge < -0.3 is 4.43 Å². The lowest BCUT2D eigenvalue weighted by Crippen LogP contribution is -2.37. The van der Waals surface area contributed by atoms with Crippen molar-refractivity contribution in [3.63, 3.8) is 0 Å². The second kappa shape index (κ2) is 9.12. The quantitative estimate of drug-likeness (QED) is 0.166. The van der Waals surface area contributed by atoms with E-state index in [1.165, 1.54) is 0 Å². The first-order chi connectivity index (χ1) is 14.8. The number of ketones is 1. The standard InChI is InChI=1S/C20H20ClF6N3O2Si/c1-18(2,32-33(3,4)5)7-6-15(31)16-17(21)30(29-28-16)11-12-8-13(19(22,23)24)10-14(9-12)20(25,26)27/h8-10H,11H2,1-5H3. The number of rotatable bonds is 5. The Balaban J connectivity index is 2.34. The Morgan fingerprint density at radius 2 is 1.58 bits per heavy atom. The molecular formula is C20H20ClF6N3O2Si. The zero-order chi connectivity index (χ0) is 25.4. The van der Waals surface area contributed by atoms with Crippen molar-refractivity contribution >= 4 is 25.7 Å². The van der Waals surface area contributed by atoms with Gasteiger partial charge in [-0.2, -0.15) is 26.3 Å². The fourth-order valence-corrected chi connectivity index (χ4v) is 4.68. The summed E-state index contributed by atoms with van der Waals surface area (Å²) in [7, 11) is -1.96. The van der Waals surface area contributed by atoms with Crippen LogP contribution in [0.3, 0.4) is 0 Å². The van der Waals surface area contributed by atoms with Gasteiger partial charge in [0.1, 0.15) is 5.60 Å². The highest BCUT2D eigenvalue weighted by molar-refractivity contribution is 6.69. The molecule has 1 heterocycles. The summed E-state index contributed by atoms with van der Waals surface area (Å²) in [6.07, 6.45) is -9.99. The molecule has 0 saturated heterocycles. The van der Waals surface area contributed by atoms with Crippen LogP contribution in [0.5, 0.6) is 0 Å². The molecule has 0 aliphatic rings. The van der Waals surface area contributed by atoms with Gasteiger partial charge in [-0.25, -0.2) is 4.68 Å².